The van der Waals surface area contributed by atoms with Gasteiger partial charge >= 0.3 is 6.36 Å². The highest BCUT2D eigenvalue weighted by Crippen LogP contribution is 2.34. The van der Waals surface area contributed by atoms with Crippen molar-refractivity contribution in [1.29, 1.82) is 0 Å². The molecule has 2 N–H and O–H groups in total. The number of fused-ring (bicyclic) bond motifs is 1. The van der Waals surface area contributed by atoms with Crippen molar-refractivity contribution in [2.24, 2.45) is 5.73 Å². The van der Waals surface area contributed by atoms with Gasteiger partial charge in [0.05, 0.1) is 5.54 Å². The molecular formula is C34H45F3N4O2. The number of piperazine rings is 1. The zero-order valence-corrected chi connectivity index (χ0v) is 25.5. The molecule has 1 saturated carbocycles. The molecule has 2 aromatic carbocycles. The Hall–Kier alpha value is -2.88. The molecule has 2 aliphatic rings. The van der Waals surface area contributed by atoms with E-state index in [1.807, 2.05) is 0 Å². The SMILES string of the molecule is CC(C)N1CCN(Cc2ccc3c(c2)c(-c2ccc(OC(F)(F)F)cc2)cn3CCCCC(=O)C2(N)CCCCC2)CC1. The fourth-order valence-corrected chi connectivity index (χ4v) is 6.67. The number of hydrogen-bond donors (Lipinski definition) is 1. The molecule has 1 aliphatic carbocycles. The fraction of sp³-hybridized carbons (Fsp3) is 0.559. The summed E-state index contributed by atoms with van der Waals surface area (Å²) in [6, 6.07) is 13.2. The molecule has 9 heteroatoms. The number of unbranched alkanes of at least 4 members (excludes halogenated alkanes) is 1. The molecule has 1 aliphatic heterocycles. The molecule has 2 heterocycles. The lowest BCUT2D eigenvalue weighted by Gasteiger charge is -2.37. The number of hydrogen-bond acceptors (Lipinski definition) is 5. The number of nitrogens with two attached hydrogens (primary N) is 1. The Morgan fingerprint density at radius 2 is 1.67 bits per heavy atom. The molecule has 234 valence electrons. The highest BCUT2D eigenvalue weighted by atomic mass is 19.4. The minimum atomic E-state index is -4.73. The van der Waals surface area contributed by atoms with Gasteiger partial charge < -0.3 is 15.0 Å². The Labute approximate surface area is 253 Å². The maximum atomic E-state index is 12.9. The number of alkyl halides is 3. The molecule has 0 radical (unpaired) electrons. The Morgan fingerprint density at radius 3 is 2.33 bits per heavy atom. The molecule has 43 heavy (non-hydrogen) atoms. The summed E-state index contributed by atoms with van der Waals surface area (Å²) in [6.07, 6.45) is 4.26. The van der Waals surface area contributed by atoms with E-state index in [2.05, 4.69) is 57.3 Å². The van der Waals surface area contributed by atoms with Crippen LogP contribution >= 0.6 is 0 Å². The molecule has 1 saturated heterocycles. The van der Waals surface area contributed by atoms with Crippen LogP contribution in [-0.2, 0) is 17.9 Å². The van der Waals surface area contributed by atoms with Crippen molar-refractivity contribution in [3.8, 4) is 16.9 Å². The largest absolute Gasteiger partial charge is 0.573 e. The molecule has 6 nitrogen and oxygen atoms in total. The van der Waals surface area contributed by atoms with Crippen LogP contribution in [0.2, 0.25) is 0 Å². The molecule has 0 spiro atoms. The number of nitrogens with zero attached hydrogens (tertiary/aromatic N) is 3. The van der Waals surface area contributed by atoms with Crippen molar-refractivity contribution in [3.05, 3.63) is 54.2 Å². The van der Waals surface area contributed by atoms with Gasteiger partial charge in [0.2, 0.25) is 0 Å². The van der Waals surface area contributed by atoms with E-state index in [0.29, 0.717) is 12.5 Å². The van der Waals surface area contributed by atoms with Crippen LogP contribution in [0.5, 0.6) is 5.75 Å². The van der Waals surface area contributed by atoms with Crippen molar-refractivity contribution in [3.63, 3.8) is 0 Å². The molecule has 1 aromatic heterocycles. The highest BCUT2D eigenvalue weighted by Gasteiger charge is 2.34. The van der Waals surface area contributed by atoms with Crippen LogP contribution in [0, 0.1) is 0 Å². The molecule has 0 unspecified atom stereocenters. The monoisotopic (exact) mass is 598 g/mol. The number of rotatable bonds is 11. The van der Waals surface area contributed by atoms with Crippen molar-refractivity contribution < 1.29 is 22.7 Å². The Bertz CT molecular complexity index is 1370. The van der Waals surface area contributed by atoms with Crippen LogP contribution in [0.25, 0.3) is 22.0 Å². The van der Waals surface area contributed by atoms with Gasteiger partial charge in [-0.3, -0.25) is 14.6 Å². The third kappa shape index (κ3) is 7.99. The van der Waals surface area contributed by atoms with Crippen LogP contribution < -0.4 is 10.5 Å². The molecule has 0 atom stereocenters. The summed E-state index contributed by atoms with van der Waals surface area (Å²) < 4.78 is 44.5. The van der Waals surface area contributed by atoms with Gasteiger partial charge in [0, 0.05) is 74.4 Å². The number of ether oxygens (including phenoxy) is 1. The summed E-state index contributed by atoms with van der Waals surface area (Å²) in [7, 11) is 0. The Kier molecular flexibility index (Phi) is 9.83. The number of ketones is 1. The van der Waals surface area contributed by atoms with Gasteiger partial charge in [0.1, 0.15) is 5.75 Å². The predicted octanol–water partition coefficient (Wildman–Crippen LogP) is 7.13. The fourth-order valence-electron chi connectivity index (χ4n) is 6.67. The number of Topliss-reactive ketones (excluding diaryl/α,β-unsaturated/α-hetero) is 1. The second-order valence-electron chi connectivity index (χ2n) is 12.7. The standard InChI is InChI=1S/C34H45F3N4O2/c1-25(2)40-20-18-39(19-21-40)23-26-9-14-31-29(22-26)30(27-10-12-28(13-11-27)43-34(35,36)37)24-41(31)17-7-4-8-32(42)33(38)15-5-3-6-16-33/h9-14,22,24-25H,3-8,15-21,23,38H2,1-2H3. The predicted molar refractivity (Wildman–Crippen MR) is 165 cm³/mol. The van der Waals surface area contributed by atoms with Crippen molar-refractivity contribution >= 4 is 16.7 Å². The van der Waals surface area contributed by atoms with Crippen LogP contribution in [0.1, 0.15) is 70.8 Å². The number of carbonyl (C=O) groups is 1. The summed E-state index contributed by atoms with van der Waals surface area (Å²) in [6.45, 7) is 10.2. The van der Waals surface area contributed by atoms with E-state index in [1.54, 1.807) is 12.1 Å². The second kappa shape index (κ2) is 13.4. The van der Waals surface area contributed by atoms with Gasteiger partial charge in [0.15, 0.2) is 5.78 Å². The quantitative estimate of drug-likeness (QED) is 0.238. The second-order valence-corrected chi connectivity index (χ2v) is 12.7. The number of halogens is 3. The Morgan fingerprint density at radius 1 is 0.977 bits per heavy atom. The summed E-state index contributed by atoms with van der Waals surface area (Å²) in [5.74, 6) is -0.0492. The zero-order chi connectivity index (χ0) is 30.6. The third-order valence-corrected chi connectivity index (χ3v) is 9.24. The topological polar surface area (TPSA) is 63.7 Å². The van der Waals surface area contributed by atoms with Gasteiger partial charge in [-0.1, -0.05) is 37.5 Å². The van der Waals surface area contributed by atoms with E-state index in [9.17, 15) is 18.0 Å². The van der Waals surface area contributed by atoms with Gasteiger partial charge in [-0.05, 0) is 74.9 Å². The summed E-state index contributed by atoms with van der Waals surface area (Å²) >= 11 is 0. The first-order chi connectivity index (χ1) is 20.5. The van der Waals surface area contributed by atoms with Gasteiger partial charge in [-0.2, -0.15) is 0 Å². The van der Waals surface area contributed by atoms with Crippen molar-refractivity contribution in [1.82, 2.24) is 14.4 Å². The number of benzene rings is 2. The van der Waals surface area contributed by atoms with E-state index in [-0.39, 0.29) is 11.5 Å². The van der Waals surface area contributed by atoms with E-state index in [1.165, 1.54) is 17.7 Å². The average Bonchev–Trinajstić information content (AvgIpc) is 3.33. The molecular weight excluding hydrogens is 553 g/mol. The lowest BCUT2D eigenvalue weighted by Crippen LogP contribution is -2.49. The number of carbonyl (C=O) groups excluding carboxylic acids is 1. The van der Waals surface area contributed by atoms with E-state index in [0.717, 1.165) is 106 Å². The van der Waals surface area contributed by atoms with Gasteiger partial charge in [-0.25, -0.2) is 0 Å². The summed E-state index contributed by atoms with van der Waals surface area (Å²) in [5.41, 5.74) is 9.90. The van der Waals surface area contributed by atoms with E-state index in [4.69, 9.17) is 5.73 Å². The first-order valence-corrected chi connectivity index (χ1v) is 15.8. The molecule has 0 amide bonds. The third-order valence-electron chi connectivity index (χ3n) is 9.24. The zero-order valence-electron chi connectivity index (χ0n) is 25.5. The van der Waals surface area contributed by atoms with Crippen molar-refractivity contribution in [2.45, 2.75) is 96.2 Å². The first-order valence-electron chi connectivity index (χ1n) is 15.8. The van der Waals surface area contributed by atoms with Crippen LogP contribution in [0.4, 0.5) is 13.2 Å². The summed E-state index contributed by atoms with van der Waals surface area (Å²) in [4.78, 5) is 17.9. The maximum absolute atomic E-state index is 12.9. The minimum absolute atomic E-state index is 0.185. The molecule has 5 rings (SSSR count). The normalized spacial score (nSPS) is 18.4. The maximum Gasteiger partial charge on any atom is 0.573 e. The smallest absolute Gasteiger partial charge is 0.406 e. The van der Waals surface area contributed by atoms with Crippen LogP contribution in [0.3, 0.4) is 0 Å². The van der Waals surface area contributed by atoms with E-state index < -0.39 is 11.9 Å². The lowest BCUT2D eigenvalue weighted by molar-refractivity contribution is -0.274. The lowest BCUT2D eigenvalue weighted by atomic mass is 9.78. The van der Waals surface area contributed by atoms with Gasteiger partial charge in [0.25, 0.3) is 0 Å². The highest BCUT2D eigenvalue weighted by molar-refractivity contribution is 5.96. The molecule has 2 fully saturated rings. The first kappa shape index (κ1) is 31.5. The molecule has 0 bridgehead atoms. The minimum Gasteiger partial charge on any atom is -0.406 e. The Balaban J connectivity index is 1.33. The number of aryl methyl sites for hydroxylation is 1. The van der Waals surface area contributed by atoms with Crippen molar-refractivity contribution in [2.75, 3.05) is 26.2 Å². The van der Waals surface area contributed by atoms with E-state index >= 15 is 0 Å². The summed E-state index contributed by atoms with van der Waals surface area (Å²) in [5, 5.41) is 1.07. The van der Waals surface area contributed by atoms with Crippen LogP contribution in [0.15, 0.2) is 48.7 Å². The molecule has 3 aromatic rings. The number of aromatic nitrogens is 1. The van der Waals surface area contributed by atoms with Gasteiger partial charge in [-0.15, -0.1) is 13.2 Å². The van der Waals surface area contributed by atoms with Crippen LogP contribution in [-0.4, -0.2) is 64.3 Å². The average molecular weight is 599 g/mol.